The lowest BCUT2D eigenvalue weighted by atomic mass is 10.2. The molecule has 1 aromatic heterocycles. The normalized spacial score (nSPS) is 10.8. The minimum Gasteiger partial charge on any atom is -0.316 e. The maximum atomic E-state index is 4.19. The Hall–Kier alpha value is -0.870. The topological polar surface area (TPSA) is 41.9 Å². The van der Waals surface area contributed by atoms with Gasteiger partial charge in [-0.25, -0.2) is 0 Å². The van der Waals surface area contributed by atoms with Gasteiger partial charge in [0.15, 0.2) is 0 Å². The second-order valence-corrected chi connectivity index (χ2v) is 3.41. The predicted octanol–water partition coefficient (Wildman–Crippen LogP) is 0.428. The van der Waals surface area contributed by atoms with Crippen molar-refractivity contribution in [1.29, 1.82) is 0 Å². The van der Waals surface area contributed by atoms with E-state index in [1.807, 2.05) is 17.9 Å². The summed E-state index contributed by atoms with van der Waals surface area (Å²) in [7, 11) is 1.97. The lowest BCUT2D eigenvalue weighted by Crippen LogP contribution is -2.26. The first-order chi connectivity index (χ1) is 6.75. The van der Waals surface area contributed by atoms with Crippen molar-refractivity contribution in [3.63, 3.8) is 0 Å². The van der Waals surface area contributed by atoms with Gasteiger partial charge in [0, 0.05) is 37.9 Å². The summed E-state index contributed by atoms with van der Waals surface area (Å²) in [4.78, 5) is 0. The van der Waals surface area contributed by atoms with E-state index in [0.29, 0.717) is 0 Å². The average molecular weight is 196 g/mol. The molecule has 0 aliphatic rings. The maximum Gasteiger partial charge on any atom is 0.0537 e. The number of rotatable bonds is 6. The molecule has 14 heavy (non-hydrogen) atoms. The third-order valence-electron chi connectivity index (χ3n) is 2.38. The molecule has 0 radical (unpaired) electrons. The summed E-state index contributed by atoms with van der Waals surface area (Å²) in [6, 6.07) is 0. The zero-order valence-corrected chi connectivity index (χ0v) is 9.30. The van der Waals surface area contributed by atoms with Crippen molar-refractivity contribution in [2.24, 2.45) is 7.05 Å². The van der Waals surface area contributed by atoms with Gasteiger partial charge in [0.05, 0.1) is 6.20 Å². The lowest BCUT2D eigenvalue weighted by Gasteiger charge is -2.04. The largest absolute Gasteiger partial charge is 0.316 e. The van der Waals surface area contributed by atoms with Crippen LogP contribution in [0.1, 0.15) is 18.2 Å². The number of likely N-dealkylation sites (N-methyl/N-ethyl adjacent to an activating group) is 1. The Bertz CT molecular complexity index is 267. The van der Waals surface area contributed by atoms with Crippen LogP contribution in [0.5, 0.6) is 0 Å². The molecule has 0 fully saturated rings. The van der Waals surface area contributed by atoms with Gasteiger partial charge in [-0.2, -0.15) is 5.10 Å². The number of hydrogen-bond acceptors (Lipinski definition) is 3. The molecule has 0 saturated carbocycles. The molecule has 0 spiro atoms. The van der Waals surface area contributed by atoms with Crippen LogP contribution in [0.2, 0.25) is 0 Å². The van der Waals surface area contributed by atoms with Crippen LogP contribution in [0, 0.1) is 6.92 Å². The van der Waals surface area contributed by atoms with E-state index in [0.717, 1.165) is 26.2 Å². The summed E-state index contributed by atoms with van der Waals surface area (Å²) >= 11 is 0. The molecule has 0 atom stereocenters. The molecule has 0 aliphatic heterocycles. The van der Waals surface area contributed by atoms with Gasteiger partial charge in [0.1, 0.15) is 0 Å². The molecular weight excluding hydrogens is 176 g/mol. The van der Waals surface area contributed by atoms with Gasteiger partial charge in [-0.15, -0.1) is 0 Å². The van der Waals surface area contributed by atoms with E-state index in [4.69, 9.17) is 0 Å². The van der Waals surface area contributed by atoms with Gasteiger partial charge in [0.2, 0.25) is 0 Å². The number of hydrogen-bond donors (Lipinski definition) is 2. The van der Waals surface area contributed by atoms with E-state index in [1.165, 1.54) is 11.3 Å². The summed E-state index contributed by atoms with van der Waals surface area (Å²) in [6.07, 6.45) is 1.93. The Morgan fingerprint density at radius 3 is 2.64 bits per heavy atom. The molecular formula is C10H20N4. The van der Waals surface area contributed by atoms with E-state index in [2.05, 4.69) is 29.6 Å². The molecule has 0 saturated heterocycles. The minimum absolute atomic E-state index is 0.908. The molecule has 0 bridgehead atoms. The third-order valence-corrected chi connectivity index (χ3v) is 2.38. The molecule has 0 aliphatic carbocycles. The number of aryl methyl sites for hydroxylation is 1. The molecule has 1 aromatic rings. The van der Waals surface area contributed by atoms with E-state index in [1.54, 1.807) is 0 Å². The fraction of sp³-hybridized carbons (Fsp3) is 0.700. The van der Waals surface area contributed by atoms with Gasteiger partial charge in [-0.3, -0.25) is 4.68 Å². The van der Waals surface area contributed by atoms with Crippen LogP contribution in [0.15, 0.2) is 6.20 Å². The van der Waals surface area contributed by atoms with Crippen molar-refractivity contribution in [3.05, 3.63) is 17.5 Å². The van der Waals surface area contributed by atoms with Gasteiger partial charge >= 0.3 is 0 Å². The zero-order chi connectivity index (χ0) is 10.4. The van der Waals surface area contributed by atoms with Gasteiger partial charge in [0.25, 0.3) is 0 Å². The summed E-state index contributed by atoms with van der Waals surface area (Å²) in [5, 5.41) is 10.8. The summed E-state index contributed by atoms with van der Waals surface area (Å²) < 4.78 is 1.90. The van der Waals surface area contributed by atoms with Gasteiger partial charge in [-0.05, 0) is 13.5 Å². The standard InChI is InChI=1S/C10H20N4/c1-4-11-5-6-12-7-10-8-13-14(3)9(10)2/h8,11-12H,4-7H2,1-3H3. The van der Waals surface area contributed by atoms with Crippen LogP contribution in [0.3, 0.4) is 0 Å². The molecule has 4 nitrogen and oxygen atoms in total. The second kappa shape index (κ2) is 5.78. The van der Waals surface area contributed by atoms with E-state index in [9.17, 15) is 0 Å². The minimum atomic E-state index is 0.908. The van der Waals surface area contributed by atoms with Crippen molar-refractivity contribution >= 4 is 0 Å². The van der Waals surface area contributed by atoms with Crippen LogP contribution >= 0.6 is 0 Å². The predicted molar refractivity (Wildman–Crippen MR) is 58.2 cm³/mol. The Morgan fingerprint density at radius 2 is 2.07 bits per heavy atom. The lowest BCUT2D eigenvalue weighted by molar-refractivity contribution is 0.622. The molecule has 80 valence electrons. The van der Waals surface area contributed by atoms with Gasteiger partial charge < -0.3 is 10.6 Å². The smallest absolute Gasteiger partial charge is 0.0537 e. The molecule has 0 unspecified atom stereocenters. The number of nitrogens with one attached hydrogen (secondary N) is 2. The summed E-state index contributed by atoms with van der Waals surface area (Å²) in [6.45, 7) is 8.18. The highest BCUT2D eigenvalue weighted by Gasteiger charge is 2.01. The first-order valence-corrected chi connectivity index (χ1v) is 5.14. The highest BCUT2D eigenvalue weighted by Crippen LogP contribution is 2.03. The summed E-state index contributed by atoms with van der Waals surface area (Å²) in [5.74, 6) is 0. The second-order valence-electron chi connectivity index (χ2n) is 3.41. The summed E-state index contributed by atoms with van der Waals surface area (Å²) in [5.41, 5.74) is 2.52. The fourth-order valence-corrected chi connectivity index (χ4v) is 1.29. The molecule has 2 N–H and O–H groups in total. The number of aromatic nitrogens is 2. The van der Waals surface area contributed by atoms with Crippen LogP contribution in [0.25, 0.3) is 0 Å². The van der Waals surface area contributed by atoms with E-state index < -0.39 is 0 Å². The monoisotopic (exact) mass is 196 g/mol. The first-order valence-electron chi connectivity index (χ1n) is 5.14. The van der Waals surface area contributed by atoms with Crippen LogP contribution < -0.4 is 10.6 Å². The Morgan fingerprint density at radius 1 is 1.36 bits per heavy atom. The molecule has 0 aromatic carbocycles. The third kappa shape index (κ3) is 3.12. The molecule has 4 heteroatoms. The fourth-order valence-electron chi connectivity index (χ4n) is 1.29. The van der Waals surface area contributed by atoms with E-state index in [-0.39, 0.29) is 0 Å². The van der Waals surface area contributed by atoms with Gasteiger partial charge in [-0.1, -0.05) is 6.92 Å². The Labute approximate surface area is 85.7 Å². The maximum absolute atomic E-state index is 4.19. The molecule has 0 amide bonds. The first kappa shape index (κ1) is 11.2. The van der Waals surface area contributed by atoms with Crippen LogP contribution in [-0.2, 0) is 13.6 Å². The van der Waals surface area contributed by atoms with Crippen LogP contribution in [-0.4, -0.2) is 29.4 Å². The quantitative estimate of drug-likeness (QED) is 0.648. The van der Waals surface area contributed by atoms with Crippen molar-refractivity contribution < 1.29 is 0 Å². The van der Waals surface area contributed by atoms with Crippen molar-refractivity contribution in [2.45, 2.75) is 20.4 Å². The number of nitrogens with zero attached hydrogens (tertiary/aromatic N) is 2. The molecule has 1 heterocycles. The van der Waals surface area contributed by atoms with Crippen molar-refractivity contribution in [1.82, 2.24) is 20.4 Å². The average Bonchev–Trinajstić information content (AvgIpc) is 2.49. The molecule has 1 rings (SSSR count). The van der Waals surface area contributed by atoms with Crippen molar-refractivity contribution in [3.8, 4) is 0 Å². The van der Waals surface area contributed by atoms with Crippen LogP contribution in [0.4, 0.5) is 0 Å². The highest BCUT2D eigenvalue weighted by atomic mass is 15.3. The SMILES string of the molecule is CCNCCNCc1cnn(C)c1C. The highest BCUT2D eigenvalue weighted by molar-refractivity contribution is 5.15. The van der Waals surface area contributed by atoms with E-state index >= 15 is 0 Å². The Kier molecular flexibility index (Phi) is 4.62. The zero-order valence-electron chi connectivity index (χ0n) is 9.30. The Balaban J connectivity index is 2.21. The van der Waals surface area contributed by atoms with Crippen molar-refractivity contribution in [2.75, 3.05) is 19.6 Å².